The lowest BCUT2D eigenvalue weighted by molar-refractivity contribution is -0.141. The molecule has 0 bridgehead atoms. The number of aromatic nitrogens is 2. The van der Waals surface area contributed by atoms with Crippen LogP contribution >= 0.6 is 0 Å². The molecule has 114 valence electrons. The summed E-state index contributed by atoms with van der Waals surface area (Å²) in [5.74, 6) is 0.514. The van der Waals surface area contributed by atoms with Crippen molar-refractivity contribution in [2.75, 3.05) is 20.6 Å². The highest BCUT2D eigenvalue weighted by molar-refractivity contribution is 5.80. The van der Waals surface area contributed by atoms with Gasteiger partial charge in [0, 0.05) is 32.8 Å². The first-order valence-corrected chi connectivity index (χ1v) is 7.57. The first-order chi connectivity index (χ1) is 10.1. The van der Waals surface area contributed by atoms with Gasteiger partial charge in [-0.15, -0.1) is 0 Å². The topological polar surface area (TPSA) is 58.4 Å². The normalized spacial score (nSPS) is 21.6. The Kier molecular flexibility index (Phi) is 3.69. The number of fused-ring (bicyclic) bond motifs is 1. The second kappa shape index (κ2) is 5.50. The molecule has 2 aliphatic rings. The van der Waals surface area contributed by atoms with Gasteiger partial charge in [0.25, 0.3) is 0 Å². The second-order valence-corrected chi connectivity index (χ2v) is 6.26. The fourth-order valence-corrected chi connectivity index (χ4v) is 3.00. The Hall–Kier alpha value is -1.85. The molecule has 21 heavy (non-hydrogen) atoms. The van der Waals surface area contributed by atoms with Gasteiger partial charge < -0.3 is 9.80 Å². The zero-order chi connectivity index (χ0) is 15.0. The van der Waals surface area contributed by atoms with E-state index in [4.69, 9.17) is 0 Å². The van der Waals surface area contributed by atoms with Crippen LogP contribution in [0.5, 0.6) is 0 Å². The van der Waals surface area contributed by atoms with Gasteiger partial charge in [0.05, 0.1) is 24.7 Å². The Morgan fingerprint density at radius 3 is 2.76 bits per heavy atom. The smallest absolute Gasteiger partial charge is 0.226 e. The molecular formula is C15H22N4O2. The highest BCUT2D eigenvalue weighted by Gasteiger charge is 2.35. The molecule has 0 spiro atoms. The summed E-state index contributed by atoms with van der Waals surface area (Å²) in [6.45, 7) is 1.20. The quantitative estimate of drug-likeness (QED) is 0.836. The van der Waals surface area contributed by atoms with Crippen LogP contribution in [-0.2, 0) is 16.1 Å². The molecule has 1 aliphatic heterocycles. The monoisotopic (exact) mass is 290 g/mol. The summed E-state index contributed by atoms with van der Waals surface area (Å²) in [4.78, 5) is 28.0. The Labute approximate surface area is 124 Å². The van der Waals surface area contributed by atoms with E-state index in [0.717, 1.165) is 25.0 Å². The summed E-state index contributed by atoms with van der Waals surface area (Å²) in [5, 5.41) is 4.33. The molecule has 6 nitrogen and oxygen atoms in total. The minimum atomic E-state index is -0.0531. The Morgan fingerprint density at radius 1 is 1.38 bits per heavy atom. The molecular weight excluding hydrogens is 268 g/mol. The van der Waals surface area contributed by atoms with Gasteiger partial charge in [-0.3, -0.25) is 14.3 Å². The van der Waals surface area contributed by atoms with Crippen molar-refractivity contribution in [3.05, 3.63) is 18.0 Å². The number of amides is 2. The Balaban J connectivity index is 1.76. The number of hydrogen-bond acceptors (Lipinski definition) is 3. The van der Waals surface area contributed by atoms with Crippen LogP contribution in [0.1, 0.15) is 37.4 Å². The van der Waals surface area contributed by atoms with Gasteiger partial charge in [-0.25, -0.2) is 0 Å². The first-order valence-electron chi connectivity index (χ1n) is 7.57. The summed E-state index contributed by atoms with van der Waals surface area (Å²) in [5.41, 5.74) is 1.02. The lowest BCUT2D eigenvalue weighted by atomic mass is 9.84. The predicted octanol–water partition coefficient (Wildman–Crippen LogP) is 1.04. The lowest BCUT2D eigenvalue weighted by Gasteiger charge is -2.37. The van der Waals surface area contributed by atoms with Crippen molar-refractivity contribution in [1.29, 1.82) is 0 Å². The maximum atomic E-state index is 12.5. The molecule has 0 aromatic carbocycles. The predicted molar refractivity (Wildman–Crippen MR) is 77.3 cm³/mol. The van der Waals surface area contributed by atoms with E-state index in [1.54, 1.807) is 25.2 Å². The number of nitrogens with zero attached hydrogens (tertiary/aromatic N) is 4. The van der Waals surface area contributed by atoms with Crippen molar-refractivity contribution in [1.82, 2.24) is 19.6 Å². The highest BCUT2D eigenvalue weighted by Crippen LogP contribution is 2.31. The summed E-state index contributed by atoms with van der Waals surface area (Å²) < 4.78 is 1.91. The molecule has 3 rings (SSSR count). The molecule has 2 amide bonds. The van der Waals surface area contributed by atoms with Crippen LogP contribution in [0.2, 0.25) is 0 Å². The van der Waals surface area contributed by atoms with Gasteiger partial charge in [-0.05, 0) is 18.9 Å². The number of carbonyl (C=O) groups excluding carboxylic acids is 2. The maximum Gasteiger partial charge on any atom is 0.226 e. The van der Waals surface area contributed by atoms with Crippen molar-refractivity contribution in [3.63, 3.8) is 0 Å². The fraction of sp³-hybridized carbons (Fsp3) is 0.667. The fourth-order valence-electron chi connectivity index (χ4n) is 3.00. The summed E-state index contributed by atoms with van der Waals surface area (Å²) in [6.07, 6.45) is 5.31. The van der Waals surface area contributed by atoms with Crippen LogP contribution < -0.4 is 0 Å². The molecule has 6 heteroatoms. The summed E-state index contributed by atoms with van der Waals surface area (Å²) in [6, 6.07) is 1.88. The van der Waals surface area contributed by atoms with Crippen molar-refractivity contribution in [2.45, 2.75) is 38.3 Å². The number of hydrogen-bond donors (Lipinski definition) is 0. The van der Waals surface area contributed by atoms with Gasteiger partial charge in [-0.2, -0.15) is 5.10 Å². The molecule has 0 unspecified atom stereocenters. The molecule has 2 heterocycles. The lowest BCUT2D eigenvalue weighted by Crippen LogP contribution is -2.46. The average Bonchev–Trinajstić information content (AvgIpc) is 2.84. The Bertz CT molecular complexity index is 548. The minimum Gasteiger partial charge on any atom is -0.349 e. The van der Waals surface area contributed by atoms with Crippen molar-refractivity contribution in [2.24, 2.45) is 5.92 Å². The van der Waals surface area contributed by atoms with E-state index in [1.165, 1.54) is 0 Å². The standard InChI is InChI=1S/C15H22N4O2/c1-17(2)14(20)8-13-10-18(15(21)11-4-3-5-11)9-12-6-7-16-19(12)13/h6-7,11,13H,3-5,8-10H2,1-2H3/t13-/m0/s1. The molecule has 1 saturated carbocycles. The van der Waals surface area contributed by atoms with Gasteiger partial charge in [0.2, 0.25) is 11.8 Å². The maximum absolute atomic E-state index is 12.5. The summed E-state index contributed by atoms with van der Waals surface area (Å²) >= 11 is 0. The van der Waals surface area contributed by atoms with Gasteiger partial charge >= 0.3 is 0 Å². The van der Waals surface area contributed by atoms with E-state index in [9.17, 15) is 9.59 Å². The number of rotatable bonds is 3. The molecule has 0 radical (unpaired) electrons. The first kappa shape index (κ1) is 14.1. The zero-order valence-electron chi connectivity index (χ0n) is 12.7. The van der Waals surface area contributed by atoms with Crippen molar-refractivity contribution in [3.8, 4) is 0 Å². The molecule has 0 N–H and O–H groups in total. The van der Waals surface area contributed by atoms with Crippen LogP contribution in [0.4, 0.5) is 0 Å². The van der Waals surface area contributed by atoms with Crippen LogP contribution in [-0.4, -0.2) is 52.0 Å². The number of carbonyl (C=O) groups is 2. The van der Waals surface area contributed by atoms with E-state index in [2.05, 4.69) is 5.10 Å². The molecule has 1 aromatic heterocycles. The van der Waals surface area contributed by atoms with Crippen molar-refractivity contribution < 1.29 is 9.59 Å². The molecule has 1 aromatic rings. The van der Waals surface area contributed by atoms with Crippen LogP contribution in [0.25, 0.3) is 0 Å². The minimum absolute atomic E-state index is 0.0531. The third-order valence-corrected chi connectivity index (χ3v) is 4.56. The molecule has 1 atom stereocenters. The zero-order valence-corrected chi connectivity index (χ0v) is 12.7. The molecule has 0 saturated heterocycles. The second-order valence-electron chi connectivity index (χ2n) is 6.26. The van der Waals surface area contributed by atoms with Gasteiger partial charge in [0.15, 0.2) is 0 Å². The van der Waals surface area contributed by atoms with E-state index >= 15 is 0 Å². The SMILES string of the molecule is CN(C)C(=O)C[C@H]1CN(C(=O)C2CCC2)Cc2ccnn21. The van der Waals surface area contributed by atoms with Crippen LogP contribution in [0.3, 0.4) is 0 Å². The average molecular weight is 290 g/mol. The Morgan fingerprint density at radius 2 is 2.14 bits per heavy atom. The molecule has 1 fully saturated rings. The van der Waals surface area contributed by atoms with Gasteiger partial charge in [-0.1, -0.05) is 6.42 Å². The van der Waals surface area contributed by atoms with E-state index in [1.807, 2.05) is 15.6 Å². The van der Waals surface area contributed by atoms with E-state index < -0.39 is 0 Å². The van der Waals surface area contributed by atoms with Crippen LogP contribution in [0.15, 0.2) is 12.3 Å². The van der Waals surface area contributed by atoms with E-state index in [0.29, 0.717) is 19.5 Å². The molecule has 1 aliphatic carbocycles. The van der Waals surface area contributed by atoms with Crippen LogP contribution in [0, 0.1) is 5.92 Å². The van der Waals surface area contributed by atoms with Gasteiger partial charge in [0.1, 0.15) is 0 Å². The van der Waals surface area contributed by atoms with E-state index in [-0.39, 0.29) is 23.8 Å². The van der Waals surface area contributed by atoms with Crippen molar-refractivity contribution >= 4 is 11.8 Å². The largest absolute Gasteiger partial charge is 0.349 e. The summed E-state index contributed by atoms with van der Waals surface area (Å²) in [7, 11) is 3.51. The third-order valence-electron chi connectivity index (χ3n) is 4.56. The third kappa shape index (κ3) is 2.66. The highest BCUT2D eigenvalue weighted by atomic mass is 16.2.